The minimum atomic E-state index is -0.0999. The van der Waals surface area contributed by atoms with E-state index in [0.717, 1.165) is 38.0 Å². The van der Waals surface area contributed by atoms with Gasteiger partial charge in [0.1, 0.15) is 12.2 Å². The minimum absolute atomic E-state index is 0.0999. The summed E-state index contributed by atoms with van der Waals surface area (Å²) >= 11 is 0. The first kappa shape index (κ1) is 11.5. The second-order valence-corrected chi connectivity index (χ2v) is 4.89. The van der Waals surface area contributed by atoms with Crippen LogP contribution < -0.4 is 5.32 Å². The summed E-state index contributed by atoms with van der Waals surface area (Å²) in [6, 6.07) is 10.1. The van der Waals surface area contributed by atoms with E-state index in [2.05, 4.69) is 10.3 Å². The second-order valence-electron chi connectivity index (χ2n) is 4.89. The maximum absolute atomic E-state index is 5.90. The number of rotatable bonds is 2. The Labute approximate surface area is 107 Å². The molecule has 1 saturated heterocycles. The fourth-order valence-corrected chi connectivity index (χ4v) is 2.40. The molecular weight excluding hydrogens is 228 g/mol. The monoisotopic (exact) mass is 246 g/mol. The van der Waals surface area contributed by atoms with Gasteiger partial charge in [0.15, 0.2) is 0 Å². The van der Waals surface area contributed by atoms with Crippen LogP contribution in [0.25, 0.3) is 0 Å². The van der Waals surface area contributed by atoms with E-state index >= 15 is 0 Å². The highest BCUT2D eigenvalue weighted by Crippen LogP contribution is 2.28. The van der Waals surface area contributed by atoms with Crippen LogP contribution in [0.2, 0.25) is 0 Å². The third-order valence-electron chi connectivity index (χ3n) is 3.52. The molecule has 0 bridgehead atoms. The Morgan fingerprint density at radius 3 is 2.78 bits per heavy atom. The van der Waals surface area contributed by atoms with Gasteiger partial charge in [-0.1, -0.05) is 30.3 Å². The van der Waals surface area contributed by atoms with E-state index in [-0.39, 0.29) is 5.60 Å². The van der Waals surface area contributed by atoms with Gasteiger partial charge in [-0.05, 0) is 18.7 Å². The zero-order chi connectivity index (χ0) is 12.3. The molecule has 96 valence electrons. The Morgan fingerprint density at radius 2 is 2.00 bits per heavy atom. The fourth-order valence-electron chi connectivity index (χ4n) is 2.40. The average Bonchev–Trinajstić information content (AvgIpc) is 2.82. The van der Waals surface area contributed by atoms with Gasteiger partial charge in [-0.25, -0.2) is 4.99 Å². The van der Waals surface area contributed by atoms with Gasteiger partial charge in [0.05, 0.1) is 6.54 Å². The zero-order valence-electron chi connectivity index (χ0n) is 10.4. The van der Waals surface area contributed by atoms with Crippen molar-refractivity contribution in [2.75, 3.05) is 19.6 Å². The first-order valence-corrected chi connectivity index (χ1v) is 6.47. The summed E-state index contributed by atoms with van der Waals surface area (Å²) in [6.07, 6.45) is 2.48. The van der Waals surface area contributed by atoms with Crippen LogP contribution in [0.3, 0.4) is 0 Å². The summed E-state index contributed by atoms with van der Waals surface area (Å²) in [4.78, 5) is 4.37. The Balaban J connectivity index is 1.53. The molecule has 4 nitrogen and oxygen atoms in total. The third kappa shape index (κ3) is 2.48. The van der Waals surface area contributed by atoms with Gasteiger partial charge in [-0.15, -0.1) is 0 Å². The lowest BCUT2D eigenvalue weighted by Crippen LogP contribution is -2.44. The maximum Gasteiger partial charge on any atom is 0.384 e. The Morgan fingerprint density at radius 1 is 1.22 bits per heavy atom. The highest BCUT2D eigenvalue weighted by molar-refractivity contribution is 5.69. The van der Waals surface area contributed by atoms with E-state index < -0.39 is 0 Å². The summed E-state index contributed by atoms with van der Waals surface area (Å²) in [5.74, 6) is 0. The van der Waals surface area contributed by atoms with Crippen molar-refractivity contribution < 1.29 is 9.47 Å². The van der Waals surface area contributed by atoms with Crippen molar-refractivity contribution in [3.8, 4) is 0 Å². The van der Waals surface area contributed by atoms with Crippen LogP contribution in [0.15, 0.2) is 35.3 Å². The van der Waals surface area contributed by atoms with Gasteiger partial charge in [0.2, 0.25) is 0 Å². The predicted molar refractivity (Wildman–Crippen MR) is 69.5 cm³/mol. The Kier molecular flexibility index (Phi) is 3.19. The standard InChI is InChI=1S/C14H18N2O2/c1-2-4-12(5-3-1)10-17-13-16-11-14(18-13)6-8-15-9-7-14/h1-5,15H,6-11H2. The van der Waals surface area contributed by atoms with Gasteiger partial charge < -0.3 is 14.8 Å². The first-order valence-electron chi connectivity index (χ1n) is 6.47. The van der Waals surface area contributed by atoms with Crippen LogP contribution >= 0.6 is 0 Å². The molecule has 18 heavy (non-hydrogen) atoms. The first-order chi connectivity index (χ1) is 8.86. The number of benzene rings is 1. The molecular formula is C14H18N2O2. The van der Waals surface area contributed by atoms with Crippen LogP contribution in [0, 0.1) is 0 Å². The highest BCUT2D eigenvalue weighted by Gasteiger charge is 2.39. The van der Waals surface area contributed by atoms with Crippen LogP contribution in [-0.4, -0.2) is 31.3 Å². The predicted octanol–water partition coefficient (Wildman–Crippen LogP) is 1.71. The molecule has 0 aromatic heterocycles. The molecule has 4 heteroatoms. The summed E-state index contributed by atoms with van der Waals surface area (Å²) < 4.78 is 11.5. The normalized spacial score (nSPS) is 21.4. The average molecular weight is 246 g/mol. The smallest absolute Gasteiger partial charge is 0.384 e. The lowest BCUT2D eigenvalue weighted by atomic mass is 9.93. The molecule has 1 aromatic carbocycles. The third-order valence-corrected chi connectivity index (χ3v) is 3.52. The molecule has 0 amide bonds. The van der Waals surface area contributed by atoms with E-state index in [0.29, 0.717) is 12.7 Å². The number of piperidine rings is 1. The molecule has 2 aliphatic rings. The van der Waals surface area contributed by atoms with E-state index in [9.17, 15) is 0 Å². The summed E-state index contributed by atoms with van der Waals surface area (Å²) in [6.45, 7) is 3.26. The van der Waals surface area contributed by atoms with Gasteiger partial charge in [-0.2, -0.15) is 0 Å². The number of ether oxygens (including phenoxy) is 2. The van der Waals surface area contributed by atoms with Gasteiger partial charge in [0.25, 0.3) is 0 Å². The molecule has 3 rings (SSSR count). The number of hydrogen-bond donors (Lipinski definition) is 1. The lowest BCUT2D eigenvalue weighted by molar-refractivity contribution is 0.0200. The van der Waals surface area contributed by atoms with E-state index in [1.807, 2.05) is 30.3 Å². The molecule has 1 aromatic rings. The van der Waals surface area contributed by atoms with Gasteiger partial charge in [-0.3, -0.25) is 0 Å². The molecule has 2 aliphatic heterocycles. The molecule has 0 radical (unpaired) electrons. The molecule has 1 fully saturated rings. The largest absolute Gasteiger partial charge is 0.446 e. The molecule has 1 N–H and O–H groups in total. The Hall–Kier alpha value is -1.55. The van der Waals surface area contributed by atoms with Gasteiger partial charge in [0, 0.05) is 12.8 Å². The number of nitrogens with zero attached hydrogens (tertiary/aromatic N) is 1. The topological polar surface area (TPSA) is 42.8 Å². The van der Waals surface area contributed by atoms with Crippen molar-refractivity contribution in [1.29, 1.82) is 0 Å². The van der Waals surface area contributed by atoms with Crippen molar-refractivity contribution in [2.45, 2.75) is 25.0 Å². The zero-order valence-corrected chi connectivity index (χ0v) is 10.4. The molecule has 1 spiro atoms. The maximum atomic E-state index is 5.90. The molecule has 0 atom stereocenters. The SMILES string of the molecule is c1ccc(COC2=NCC3(CCNCC3)O2)cc1. The molecule has 2 heterocycles. The van der Waals surface area contributed by atoms with Crippen LogP contribution in [0.4, 0.5) is 0 Å². The van der Waals surface area contributed by atoms with E-state index in [1.165, 1.54) is 0 Å². The second kappa shape index (κ2) is 4.98. The number of aliphatic imine (C=N–C) groups is 1. The highest BCUT2D eigenvalue weighted by atomic mass is 16.7. The van der Waals surface area contributed by atoms with Crippen LogP contribution in [0.5, 0.6) is 0 Å². The quantitative estimate of drug-likeness (QED) is 0.864. The van der Waals surface area contributed by atoms with Crippen molar-refractivity contribution in [3.63, 3.8) is 0 Å². The lowest BCUT2D eigenvalue weighted by Gasteiger charge is -2.31. The summed E-state index contributed by atoms with van der Waals surface area (Å²) in [7, 11) is 0. The van der Waals surface area contributed by atoms with Crippen molar-refractivity contribution in [1.82, 2.24) is 5.32 Å². The summed E-state index contributed by atoms with van der Waals surface area (Å²) in [5.41, 5.74) is 1.03. The molecule has 0 saturated carbocycles. The van der Waals surface area contributed by atoms with Crippen LogP contribution in [0.1, 0.15) is 18.4 Å². The fraction of sp³-hybridized carbons (Fsp3) is 0.500. The van der Waals surface area contributed by atoms with Gasteiger partial charge >= 0.3 is 6.08 Å². The van der Waals surface area contributed by atoms with Crippen molar-refractivity contribution >= 4 is 6.08 Å². The van der Waals surface area contributed by atoms with Crippen LogP contribution in [-0.2, 0) is 16.1 Å². The molecule has 0 aliphatic carbocycles. The number of hydrogen-bond acceptors (Lipinski definition) is 4. The Bertz CT molecular complexity index is 425. The van der Waals surface area contributed by atoms with Crippen molar-refractivity contribution in [2.24, 2.45) is 4.99 Å². The number of nitrogens with one attached hydrogen (secondary N) is 1. The van der Waals surface area contributed by atoms with E-state index in [1.54, 1.807) is 0 Å². The molecule has 0 unspecified atom stereocenters. The minimum Gasteiger partial charge on any atom is -0.446 e. The van der Waals surface area contributed by atoms with Crippen molar-refractivity contribution in [3.05, 3.63) is 35.9 Å². The summed E-state index contributed by atoms with van der Waals surface area (Å²) in [5, 5.41) is 3.34. The van der Waals surface area contributed by atoms with E-state index in [4.69, 9.17) is 9.47 Å².